The Bertz CT molecular complexity index is 344. The Morgan fingerprint density at radius 2 is 1.80 bits per heavy atom. The molecule has 0 rings (SSSR count). The van der Waals surface area contributed by atoms with E-state index in [0.29, 0.717) is 13.1 Å². The summed E-state index contributed by atoms with van der Waals surface area (Å²) in [7, 11) is 0. The largest absolute Gasteiger partial charge is 0.235 e. The molecule has 0 saturated carbocycles. The van der Waals surface area contributed by atoms with Crippen molar-refractivity contribution in [3.8, 4) is 0 Å². The molecule has 0 saturated heterocycles. The van der Waals surface area contributed by atoms with Crippen molar-refractivity contribution in [3.63, 3.8) is 0 Å². The predicted octanol–water partition coefficient (Wildman–Crippen LogP) is 1.94. The fraction of sp³-hybridized carbons (Fsp3) is 0.455. The van der Waals surface area contributed by atoms with Gasteiger partial charge in [0, 0.05) is 0 Å². The van der Waals surface area contributed by atoms with E-state index in [9.17, 15) is 9.59 Å². The highest BCUT2D eigenvalue weighted by Gasteiger charge is 1.93. The Balaban J connectivity index is 4.56. The van der Waals surface area contributed by atoms with E-state index in [-0.39, 0.29) is 0 Å². The summed E-state index contributed by atoms with van der Waals surface area (Å²) in [6, 6.07) is 0. The third-order valence-electron chi connectivity index (χ3n) is 1.62. The minimum atomic E-state index is 0.319. The minimum absolute atomic E-state index is 0.319. The first-order chi connectivity index (χ1) is 7.24. The molecule has 4 nitrogen and oxygen atoms in total. The minimum Gasteiger partial charge on any atom is -0.211 e. The van der Waals surface area contributed by atoms with Gasteiger partial charge in [0.25, 0.3) is 0 Å². The van der Waals surface area contributed by atoms with Crippen LogP contribution < -0.4 is 0 Å². The molecule has 0 atom stereocenters. The van der Waals surface area contributed by atoms with Crippen LogP contribution in [0.4, 0.5) is 0 Å². The summed E-state index contributed by atoms with van der Waals surface area (Å²) in [4.78, 5) is 26.8. The van der Waals surface area contributed by atoms with E-state index < -0.39 is 0 Å². The maximum absolute atomic E-state index is 9.96. The molecule has 4 heteroatoms. The van der Waals surface area contributed by atoms with Crippen LogP contribution in [-0.2, 0) is 9.59 Å². The van der Waals surface area contributed by atoms with Gasteiger partial charge in [-0.3, -0.25) is 0 Å². The van der Waals surface area contributed by atoms with Gasteiger partial charge in [0.05, 0.1) is 13.1 Å². The van der Waals surface area contributed by atoms with Gasteiger partial charge in [0.1, 0.15) is 0 Å². The van der Waals surface area contributed by atoms with Crippen LogP contribution in [-0.4, -0.2) is 25.2 Å². The molecule has 0 amide bonds. The summed E-state index contributed by atoms with van der Waals surface area (Å²) in [5.74, 6) is 0. The van der Waals surface area contributed by atoms with Gasteiger partial charge in [-0.1, -0.05) is 24.6 Å². The molecule has 0 radical (unpaired) electrons. The maximum Gasteiger partial charge on any atom is 0.235 e. The molecule has 0 heterocycles. The molecule has 0 fully saturated rings. The summed E-state index contributed by atoms with van der Waals surface area (Å²) in [6.07, 6.45) is 7.67. The molecule has 0 aliphatic carbocycles. The van der Waals surface area contributed by atoms with E-state index in [1.54, 1.807) is 0 Å². The van der Waals surface area contributed by atoms with E-state index in [2.05, 4.69) is 9.98 Å². The van der Waals surface area contributed by atoms with Crippen molar-refractivity contribution in [2.24, 2.45) is 9.98 Å². The Kier molecular flexibility index (Phi) is 7.79. The van der Waals surface area contributed by atoms with Crippen LogP contribution >= 0.6 is 0 Å². The number of rotatable bonds is 6. The first-order valence-corrected chi connectivity index (χ1v) is 4.68. The highest BCUT2D eigenvalue weighted by atomic mass is 16.1. The molecule has 0 aliphatic rings. The summed E-state index contributed by atoms with van der Waals surface area (Å²) in [5, 5.41) is 0. The molecule has 0 aliphatic heterocycles. The molecule has 0 aromatic carbocycles. The van der Waals surface area contributed by atoms with Crippen molar-refractivity contribution in [2.45, 2.75) is 20.3 Å². The zero-order chi connectivity index (χ0) is 11.5. The van der Waals surface area contributed by atoms with Gasteiger partial charge in [-0.2, -0.15) is 0 Å². The van der Waals surface area contributed by atoms with Crippen molar-refractivity contribution >= 4 is 12.2 Å². The average Bonchev–Trinajstić information content (AvgIpc) is 2.23. The van der Waals surface area contributed by atoms with Crippen LogP contribution in [0.2, 0.25) is 0 Å². The number of hydrogen-bond acceptors (Lipinski definition) is 4. The highest BCUT2D eigenvalue weighted by Crippen LogP contribution is 2.04. The van der Waals surface area contributed by atoms with Gasteiger partial charge < -0.3 is 0 Å². The van der Waals surface area contributed by atoms with Gasteiger partial charge in [-0.15, -0.1) is 0 Å². The van der Waals surface area contributed by atoms with E-state index in [0.717, 1.165) is 17.6 Å². The SMILES string of the molecule is CC/C=C(\C=C(/C)CN=C=O)CN=C=O. The van der Waals surface area contributed by atoms with Gasteiger partial charge in [-0.25, -0.2) is 19.6 Å². The molecule has 0 bridgehead atoms. The van der Waals surface area contributed by atoms with Crippen molar-refractivity contribution in [1.29, 1.82) is 0 Å². The quantitative estimate of drug-likeness (QED) is 0.379. The lowest BCUT2D eigenvalue weighted by Crippen LogP contribution is -1.89. The summed E-state index contributed by atoms with van der Waals surface area (Å²) >= 11 is 0. The molecule has 15 heavy (non-hydrogen) atoms. The fourth-order valence-corrected chi connectivity index (χ4v) is 1.07. The Morgan fingerprint density at radius 1 is 1.20 bits per heavy atom. The number of allylic oxidation sites excluding steroid dienone is 1. The smallest absolute Gasteiger partial charge is 0.211 e. The molecule has 0 spiro atoms. The van der Waals surface area contributed by atoms with E-state index in [1.165, 1.54) is 12.2 Å². The zero-order valence-electron chi connectivity index (χ0n) is 8.99. The predicted molar refractivity (Wildman–Crippen MR) is 58.1 cm³/mol. The Morgan fingerprint density at radius 3 is 2.33 bits per heavy atom. The van der Waals surface area contributed by atoms with Crippen LogP contribution in [0.5, 0.6) is 0 Å². The third kappa shape index (κ3) is 7.32. The van der Waals surface area contributed by atoms with Crippen molar-refractivity contribution in [1.82, 2.24) is 0 Å². The second-order valence-corrected chi connectivity index (χ2v) is 2.99. The van der Waals surface area contributed by atoms with Crippen molar-refractivity contribution < 1.29 is 9.59 Å². The topological polar surface area (TPSA) is 58.9 Å². The first kappa shape index (κ1) is 13.2. The van der Waals surface area contributed by atoms with Crippen molar-refractivity contribution in [2.75, 3.05) is 13.1 Å². The van der Waals surface area contributed by atoms with E-state index >= 15 is 0 Å². The first-order valence-electron chi connectivity index (χ1n) is 4.68. The molecular weight excluding hydrogens is 192 g/mol. The van der Waals surface area contributed by atoms with Crippen LogP contribution in [0.25, 0.3) is 0 Å². The molecular formula is C11H14N2O2. The van der Waals surface area contributed by atoms with Crippen LogP contribution in [0, 0.1) is 0 Å². The number of nitrogens with zero attached hydrogens (tertiary/aromatic N) is 2. The maximum atomic E-state index is 9.96. The van der Waals surface area contributed by atoms with E-state index in [4.69, 9.17) is 0 Å². The van der Waals surface area contributed by atoms with Gasteiger partial charge in [-0.05, 0) is 18.9 Å². The third-order valence-corrected chi connectivity index (χ3v) is 1.62. The average molecular weight is 206 g/mol. The lowest BCUT2D eigenvalue weighted by Gasteiger charge is -1.98. The Hall–Kier alpha value is -1.76. The fourth-order valence-electron chi connectivity index (χ4n) is 1.07. The number of isocyanates is 2. The van der Waals surface area contributed by atoms with E-state index in [1.807, 2.05) is 26.0 Å². The zero-order valence-corrected chi connectivity index (χ0v) is 8.99. The standard InChI is InChI=1S/C11H14N2O2/c1-3-4-11(7-13-9-15)5-10(2)6-12-8-14/h4-5H,3,6-7H2,1-2H3/b10-5+,11-4+. The molecule has 0 unspecified atom stereocenters. The monoisotopic (exact) mass is 206 g/mol. The summed E-state index contributed by atoms with van der Waals surface area (Å²) in [6.45, 7) is 4.50. The second kappa shape index (κ2) is 8.82. The molecule has 0 N–H and O–H groups in total. The molecule has 80 valence electrons. The van der Waals surface area contributed by atoms with Crippen LogP contribution in [0.3, 0.4) is 0 Å². The van der Waals surface area contributed by atoms with Crippen molar-refractivity contribution in [3.05, 3.63) is 23.3 Å². The van der Waals surface area contributed by atoms with Gasteiger partial charge in [0.15, 0.2) is 0 Å². The van der Waals surface area contributed by atoms with Crippen LogP contribution in [0.1, 0.15) is 20.3 Å². The Labute approximate surface area is 89.1 Å². The molecule has 0 aromatic heterocycles. The summed E-state index contributed by atoms with van der Waals surface area (Å²) in [5.41, 5.74) is 1.86. The highest BCUT2D eigenvalue weighted by molar-refractivity contribution is 5.36. The lowest BCUT2D eigenvalue weighted by molar-refractivity contribution is 0.563. The normalized spacial score (nSPS) is 11.6. The van der Waals surface area contributed by atoms with Crippen LogP contribution in [0.15, 0.2) is 33.3 Å². The van der Waals surface area contributed by atoms with Gasteiger partial charge in [0.2, 0.25) is 12.2 Å². The van der Waals surface area contributed by atoms with Gasteiger partial charge >= 0.3 is 0 Å². The lowest BCUT2D eigenvalue weighted by atomic mass is 10.1. The number of hydrogen-bond donors (Lipinski definition) is 0. The number of carbonyl (C=O) groups excluding carboxylic acids is 2. The number of aliphatic imine (C=N–C) groups is 2. The summed E-state index contributed by atoms with van der Waals surface area (Å²) < 4.78 is 0. The second-order valence-electron chi connectivity index (χ2n) is 2.99. The molecule has 0 aromatic rings.